The van der Waals surface area contributed by atoms with Crippen molar-refractivity contribution in [2.24, 2.45) is 17.8 Å². The van der Waals surface area contributed by atoms with Gasteiger partial charge < -0.3 is 10.2 Å². The van der Waals surface area contributed by atoms with E-state index in [2.05, 4.69) is 20.8 Å². The van der Waals surface area contributed by atoms with Crippen molar-refractivity contribution in [1.82, 2.24) is 4.90 Å². The van der Waals surface area contributed by atoms with E-state index in [4.69, 9.17) is 10.2 Å². The molecule has 0 spiro atoms. The van der Waals surface area contributed by atoms with E-state index in [-0.39, 0.29) is 19.1 Å². The summed E-state index contributed by atoms with van der Waals surface area (Å²) in [6.07, 6.45) is 3.09. The van der Waals surface area contributed by atoms with Gasteiger partial charge in [0.2, 0.25) is 0 Å². The van der Waals surface area contributed by atoms with Crippen molar-refractivity contribution in [3.05, 3.63) is 0 Å². The highest BCUT2D eigenvalue weighted by Crippen LogP contribution is 2.36. The summed E-state index contributed by atoms with van der Waals surface area (Å²) in [6, 6.07) is 0.0657. The van der Waals surface area contributed by atoms with Crippen LogP contribution in [0.2, 0.25) is 0 Å². The number of carboxylic acids is 2. The van der Waals surface area contributed by atoms with Gasteiger partial charge in [-0.25, -0.2) is 0 Å². The molecule has 0 radical (unpaired) electrons. The third kappa shape index (κ3) is 4.82. The molecule has 0 bridgehead atoms. The molecule has 0 aromatic carbocycles. The zero-order valence-electron chi connectivity index (χ0n) is 12.0. The summed E-state index contributed by atoms with van der Waals surface area (Å²) in [6.45, 7) is 6.05. The predicted molar refractivity (Wildman–Crippen MR) is 72.0 cm³/mol. The van der Waals surface area contributed by atoms with Crippen LogP contribution in [0, 0.1) is 17.8 Å². The fourth-order valence-corrected chi connectivity index (χ4v) is 3.21. The van der Waals surface area contributed by atoms with E-state index < -0.39 is 11.9 Å². The van der Waals surface area contributed by atoms with Gasteiger partial charge in [-0.05, 0) is 30.6 Å². The molecule has 1 aliphatic carbocycles. The summed E-state index contributed by atoms with van der Waals surface area (Å²) in [4.78, 5) is 23.5. The molecule has 3 unspecified atom stereocenters. The molecule has 0 aromatic rings. The second-order valence-corrected chi connectivity index (χ2v) is 6.09. The molecule has 0 aromatic heterocycles. The van der Waals surface area contributed by atoms with E-state index in [1.807, 2.05) is 0 Å². The molecule has 0 saturated heterocycles. The lowest BCUT2D eigenvalue weighted by molar-refractivity contribution is -0.144. The van der Waals surface area contributed by atoms with Gasteiger partial charge >= 0.3 is 11.9 Å². The normalized spacial score (nSPS) is 27.7. The highest BCUT2D eigenvalue weighted by Gasteiger charge is 2.35. The largest absolute Gasteiger partial charge is 0.480 e. The second-order valence-electron chi connectivity index (χ2n) is 6.09. The molecule has 1 aliphatic rings. The van der Waals surface area contributed by atoms with E-state index in [9.17, 15) is 9.59 Å². The van der Waals surface area contributed by atoms with Gasteiger partial charge in [0.05, 0.1) is 13.1 Å². The second kappa shape index (κ2) is 6.89. The lowest BCUT2D eigenvalue weighted by atomic mass is 9.73. The Balaban J connectivity index is 2.86. The van der Waals surface area contributed by atoms with E-state index >= 15 is 0 Å². The zero-order valence-corrected chi connectivity index (χ0v) is 12.0. The van der Waals surface area contributed by atoms with Crippen LogP contribution in [0.1, 0.15) is 40.0 Å². The van der Waals surface area contributed by atoms with E-state index in [0.717, 1.165) is 19.3 Å². The number of carbonyl (C=O) groups is 2. The van der Waals surface area contributed by atoms with Crippen LogP contribution in [0.3, 0.4) is 0 Å². The maximum absolute atomic E-state index is 11.0. The summed E-state index contributed by atoms with van der Waals surface area (Å²) >= 11 is 0. The first-order valence-corrected chi connectivity index (χ1v) is 6.98. The number of hydrogen-bond donors (Lipinski definition) is 2. The Morgan fingerprint density at radius 1 is 1.16 bits per heavy atom. The minimum Gasteiger partial charge on any atom is -0.480 e. The standard InChI is InChI=1S/C14H25NO4/c1-9(2)11-5-4-10(3)6-12(11)15(7-13(16)17)8-14(18)19/h9-12H,4-8H2,1-3H3,(H,16,17)(H,18,19). The summed E-state index contributed by atoms with van der Waals surface area (Å²) in [5.74, 6) is -0.549. The molecule has 5 nitrogen and oxygen atoms in total. The molecule has 19 heavy (non-hydrogen) atoms. The lowest BCUT2D eigenvalue weighted by Crippen LogP contribution is -2.49. The number of nitrogens with zero attached hydrogens (tertiary/aromatic N) is 1. The first kappa shape index (κ1) is 16.0. The van der Waals surface area contributed by atoms with Crippen LogP contribution in [-0.2, 0) is 9.59 Å². The lowest BCUT2D eigenvalue weighted by Gasteiger charge is -2.42. The summed E-state index contributed by atoms with van der Waals surface area (Å²) in [5.41, 5.74) is 0. The molecular formula is C14H25NO4. The molecule has 1 rings (SSSR count). The van der Waals surface area contributed by atoms with Gasteiger partial charge in [0.25, 0.3) is 0 Å². The summed E-state index contributed by atoms with van der Waals surface area (Å²) < 4.78 is 0. The first-order valence-electron chi connectivity index (χ1n) is 6.98. The molecule has 3 atom stereocenters. The third-order valence-corrected chi connectivity index (χ3v) is 4.13. The SMILES string of the molecule is CC1CCC(C(C)C)C(N(CC(=O)O)CC(=O)O)C1. The van der Waals surface area contributed by atoms with Crippen molar-refractivity contribution >= 4 is 11.9 Å². The fraction of sp³-hybridized carbons (Fsp3) is 0.857. The van der Waals surface area contributed by atoms with Gasteiger partial charge in [0.1, 0.15) is 0 Å². The maximum Gasteiger partial charge on any atom is 0.317 e. The van der Waals surface area contributed by atoms with Crippen molar-refractivity contribution in [2.75, 3.05) is 13.1 Å². The van der Waals surface area contributed by atoms with Crippen LogP contribution in [0.5, 0.6) is 0 Å². The molecule has 2 N–H and O–H groups in total. The summed E-state index contributed by atoms with van der Waals surface area (Å²) in [7, 11) is 0. The molecule has 0 aliphatic heterocycles. The Morgan fingerprint density at radius 3 is 2.11 bits per heavy atom. The van der Waals surface area contributed by atoms with Crippen LogP contribution in [0.4, 0.5) is 0 Å². The maximum atomic E-state index is 11.0. The molecule has 110 valence electrons. The Morgan fingerprint density at radius 2 is 1.68 bits per heavy atom. The number of aliphatic carboxylic acids is 2. The van der Waals surface area contributed by atoms with Crippen LogP contribution in [0.25, 0.3) is 0 Å². The van der Waals surface area contributed by atoms with E-state index in [1.165, 1.54) is 0 Å². The predicted octanol–water partition coefficient (Wildman–Crippen LogP) is 1.92. The first-order chi connectivity index (χ1) is 8.81. The third-order valence-electron chi connectivity index (χ3n) is 4.13. The monoisotopic (exact) mass is 271 g/mol. The van der Waals surface area contributed by atoms with Gasteiger partial charge in [0.15, 0.2) is 0 Å². The molecule has 1 saturated carbocycles. The molecule has 0 amide bonds. The number of rotatable bonds is 6. The Hall–Kier alpha value is -1.10. The Kier molecular flexibility index (Phi) is 5.79. The van der Waals surface area contributed by atoms with Gasteiger partial charge in [-0.2, -0.15) is 0 Å². The van der Waals surface area contributed by atoms with E-state index in [0.29, 0.717) is 17.8 Å². The van der Waals surface area contributed by atoms with Crippen LogP contribution in [-0.4, -0.2) is 46.2 Å². The molecule has 5 heteroatoms. The highest BCUT2D eigenvalue weighted by molar-refractivity contribution is 5.72. The zero-order chi connectivity index (χ0) is 14.6. The molecule has 0 heterocycles. The van der Waals surface area contributed by atoms with Crippen molar-refractivity contribution in [1.29, 1.82) is 0 Å². The smallest absolute Gasteiger partial charge is 0.317 e. The molecule has 1 fully saturated rings. The Bertz CT molecular complexity index is 313. The van der Waals surface area contributed by atoms with Gasteiger partial charge in [0, 0.05) is 6.04 Å². The van der Waals surface area contributed by atoms with Crippen molar-refractivity contribution in [3.8, 4) is 0 Å². The van der Waals surface area contributed by atoms with Crippen molar-refractivity contribution < 1.29 is 19.8 Å². The summed E-state index contributed by atoms with van der Waals surface area (Å²) in [5, 5.41) is 18.0. The van der Waals surface area contributed by atoms with Crippen LogP contribution < -0.4 is 0 Å². The van der Waals surface area contributed by atoms with Gasteiger partial charge in [-0.15, -0.1) is 0 Å². The minimum absolute atomic E-state index is 0.0657. The quantitative estimate of drug-likeness (QED) is 0.771. The van der Waals surface area contributed by atoms with Crippen molar-refractivity contribution in [3.63, 3.8) is 0 Å². The Labute approximate surface area is 114 Å². The number of carboxylic acid groups (broad SMARTS) is 2. The topological polar surface area (TPSA) is 77.8 Å². The van der Waals surface area contributed by atoms with Crippen LogP contribution >= 0.6 is 0 Å². The van der Waals surface area contributed by atoms with E-state index in [1.54, 1.807) is 4.90 Å². The van der Waals surface area contributed by atoms with Gasteiger partial charge in [-0.1, -0.05) is 27.2 Å². The minimum atomic E-state index is -0.956. The van der Waals surface area contributed by atoms with Crippen LogP contribution in [0.15, 0.2) is 0 Å². The van der Waals surface area contributed by atoms with Crippen molar-refractivity contribution in [2.45, 2.75) is 46.1 Å². The average Bonchev–Trinajstić information content (AvgIpc) is 2.26. The number of hydrogen-bond acceptors (Lipinski definition) is 3. The highest BCUT2D eigenvalue weighted by atomic mass is 16.4. The van der Waals surface area contributed by atoms with Gasteiger partial charge in [-0.3, -0.25) is 14.5 Å². The molecular weight excluding hydrogens is 246 g/mol. The fourth-order valence-electron chi connectivity index (χ4n) is 3.21. The average molecular weight is 271 g/mol.